The zero-order valence-electron chi connectivity index (χ0n) is 22.5. The molecule has 3 aromatic carbocycles. The van der Waals surface area contributed by atoms with Crippen LogP contribution in [0.15, 0.2) is 72.9 Å². The summed E-state index contributed by atoms with van der Waals surface area (Å²) in [5, 5.41) is 1.16. The van der Waals surface area contributed by atoms with Gasteiger partial charge in [-0.25, -0.2) is 0 Å². The molecule has 0 bridgehead atoms. The van der Waals surface area contributed by atoms with Crippen LogP contribution < -0.4 is 19.1 Å². The van der Waals surface area contributed by atoms with Crippen LogP contribution in [0.5, 0.6) is 17.2 Å². The van der Waals surface area contributed by atoms with E-state index < -0.39 is 0 Å². The van der Waals surface area contributed by atoms with Gasteiger partial charge in [0, 0.05) is 62.7 Å². The first-order valence-electron chi connectivity index (χ1n) is 13.0. The number of fused-ring (bicyclic) bond motifs is 1. The summed E-state index contributed by atoms with van der Waals surface area (Å²) in [5.41, 5.74) is 4.38. The molecule has 4 aromatic rings. The number of benzene rings is 3. The molecule has 0 aliphatic carbocycles. The quantitative estimate of drug-likeness (QED) is 0.329. The fraction of sp³-hybridized carbons (Fsp3) is 0.323. The topological polar surface area (TPSA) is 56.2 Å². The minimum absolute atomic E-state index is 0.124. The minimum atomic E-state index is -0.124. The molecule has 0 spiro atoms. The lowest BCUT2D eigenvalue weighted by Gasteiger charge is -2.37. The Morgan fingerprint density at radius 2 is 1.50 bits per heavy atom. The number of para-hydroxylation sites is 3. The van der Waals surface area contributed by atoms with E-state index in [9.17, 15) is 4.79 Å². The number of hydrogen-bond donors (Lipinski definition) is 0. The summed E-state index contributed by atoms with van der Waals surface area (Å²) in [5.74, 6) is 2.22. The molecule has 0 radical (unpaired) electrons. The first-order valence-corrected chi connectivity index (χ1v) is 13.0. The van der Waals surface area contributed by atoms with Crippen molar-refractivity contribution in [2.24, 2.45) is 7.05 Å². The van der Waals surface area contributed by atoms with Crippen molar-refractivity contribution in [2.75, 3.05) is 52.4 Å². The minimum Gasteiger partial charge on any atom is -0.495 e. The van der Waals surface area contributed by atoms with E-state index >= 15 is 0 Å². The third kappa shape index (κ3) is 4.88. The van der Waals surface area contributed by atoms with E-state index in [0.717, 1.165) is 46.6 Å². The van der Waals surface area contributed by atoms with Gasteiger partial charge in [-0.3, -0.25) is 4.79 Å². The fourth-order valence-electron chi connectivity index (χ4n) is 5.52. The Balaban J connectivity index is 1.41. The molecule has 1 aromatic heterocycles. The number of aromatic nitrogens is 1. The van der Waals surface area contributed by atoms with Gasteiger partial charge in [0.25, 0.3) is 0 Å². The average molecular weight is 514 g/mol. The molecular formula is C31H35N3O4. The largest absolute Gasteiger partial charge is 0.495 e. The summed E-state index contributed by atoms with van der Waals surface area (Å²) in [6.45, 7) is 2.87. The highest BCUT2D eigenvalue weighted by Crippen LogP contribution is 2.39. The number of methoxy groups -OCH3 is 3. The second-order valence-corrected chi connectivity index (χ2v) is 9.62. The lowest BCUT2D eigenvalue weighted by molar-refractivity contribution is -0.131. The van der Waals surface area contributed by atoms with Gasteiger partial charge in [0.15, 0.2) is 11.5 Å². The van der Waals surface area contributed by atoms with Gasteiger partial charge in [-0.05, 0) is 41.5 Å². The summed E-state index contributed by atoms with van der Waals surface area (Å²) in [6.07, 6.45) is 2.52. The van der Waals surface area contributed by atoms with Crippen molar-refractivity contribution < 1.29 is 19.0 Å². The lowest BCUT2D eigenvalue weighted by Crippen LogP contribution is -2.49. The molecule has 0 unspecified atom stereocenters. The SMILES string of the molecule is COc1ccc([C@@H](CC(=O)N2CCN(c3ccccc3OC)CC2)c2cn(C)c3ccccc23)cc1OC. The van der Waals surface area contributed by atoms with Crippen LogP contribution >= 0.6 is 0 Å². The average Bonchev–Trinajstić information content (AvgIpc) is 3.31. The molecule has 1 fully saturated rings. The van der Waals surface area contributed by atoms with Crippen LogP contribution in [0.1, 0.15) is 23.5 Å². The van der Waals surface area contributed by atoms with Crippen molar-refractivity contribution in [1.82, 2.24) is 9.47 Å². The number of amides is 1. The summed E-state index contributed by atoms with van der Waals surface area (Å²) < 4.78 is 18.8. The summed E-state index contributed by atoms with van der Waals surface area (Å²) >= 11 is 0. The number of ether oxygens (including phenoxy) is 3. The van der Waals surface area contributed by atoms with Crippen LogP contribution in [-0.2, 0) is 11.8 Å². The first-order chi connectivity index (χ1) is 18.5. The van der Waals surface area contributed by atoms with Crippen LogP contribution in [0.25, 0.3) is 10.9 Å². The Hall–Kier alpha value is -4.13. The highest BCUT2D eigenvalue weighted by molar-refractivity contribution is 5.87. The normalized spacial score (nSPS) is 14.4. The van der Waals surface area contributed by atoms with Crippen molar-refractivity contribution >= 4 is 22.5 Å². The Morgan fingerprint density at radius 1 is 0.816 bits per heavy atom. The molecular weight excluding hydrogens is 478 g/mol. The number of anilines is 1. The van der Waals surface area contributed by atoms with E-state index in [2.05, 4.69) is 47.0 Å². The molecule has 1 aliphatic rings. The number of carbonyl (C=O) groups excluding carboxylic acids is 1. The predicted octanol–water partition coefficient (Wildman–Crippen LogP) is 5.07. The molecule has 2 heterocycles. The van der Waals surface area contributed by atoms with Crippen molar-refractivity contribution in [3.63, 3.8) is 0 Å². The molecule has 1 amide bonds. The molecule has 7 heteroatoms. The Kier molecular flexibility index (Phi) is 7.45. The van der Waals surface area contributed by atoms with E-state index in [-0.39, 0.29) is 11.8 Å². The van der Waals surface area contributed by atoms with Gasteiger partial charge in [0.05, 0.1) is 27.0 Å². The fourth-order valence-corrected chi connectivity index (χ4v) is 5.52. The summed E-state index contributed by atoms with van der Waals surface area (Å²) in [6, 6.07) is 22.4. The maximum absolute atomic E-state index is 13.8. The number of carbonyl (C=O) groups is 1. The van der Waals surface area contributed by atoms with E-state index in [0.29, 0.717) is 31.0 Å². The third-order valence-electron chi connectivity index (χ3n) is 7.55. The van der Waals surface area contributed by atoms with Crippen LogP contribution in [0, 0.1) is 0 Å². The highest BCUT2D eigenvalue weighted by Gasteiger charge is 2.28. The Morgan fingerprint density at radius 3 is 2.24 bits per heavy atom. The molecule has 1 atom stereocenters. The molecule has 1 aliphatic heterocycles. The van der Waals surface area contributed by atoms with Crippen molar-refractivity contribution in [3.8, 4) is 17.2 Å². The molecule has 198 valence electrons. The van der Waals surface area contributed by atoms with Crippen molar-refractivity contribution in [1.29, 1.82) is 0 Å². The number of rotatable bonds is 8. The maximum Gasteiger partial charge on any atom is 0.223 e. The second-order valence-electron chi connectivity index (χ2n) is 9.62. The Labute approximate surface area is 224 Å². The van der Waals surface area contributed by atoms with E-state index in [1.807, 2.05) is 47.4 Å². The predicted molar refractivity (Wildman–Crippen MR) is 151 cm³/mol. The smallest absolute Gasteiger partial charge is 0.223 e. The van der Waals surface area contributed by atoms with Gasteiger partial charge >= 0.3 is 0 Å². The van der Waals surface area contributed by atoms with Crippen molar-refractivity contribution in [3.05, 3.63) is 84.1 Å². The molecule has 0 saturated carbocycles. The van der Waals surface area contributed by atoms with Gasteiger partial charge in [0.2, 0.25) is 5.91 Å². The Bertz CT molecular complexity index is 1420. The van der Waals surface area contributed by atoms with E-state index in [4.69, 9.17) is 14.2 Å². The van der Waals surface area contributed by atoms with Gasteiger partial charge < -0.3 is 28.6 Å². The van der Waals surface area contributed by atoms with Crippen LogP contribution in [0.2, 0.25) is 0 Å². The molecule has 5 rings (SSSR count). The van der Waals surface area contributed by atoms with Gasteiger partial charge in [-0.15, -0.1) is 0 Å². The number of hydrogen-bond acceptors (Lipinski definition) is 5. The van der Waals surface area contributed by atoms with Crippen LogP contribution in [0.3, 0.4) is 0 Å². The highest BCUT2D eigenvalue weighted by atomic mass is 16.5. The zero-order valence-corrected chi connectivity index (χ0v) is 22.5. The van der Waals surface area contributed by atoms with Gasteiger partial charge in [0.1, 0.15) is 5.75 Å². The standard InChI is InChI=1S/C31H35N3O4/c1-32-21-25(23-9-5-6-10-26(23)32)24(22-13-14-29(37-3)30(19-22)38-4)20-31(35)34-17-15-33(16-18-34)27-11-7-8-12-28(27)36-2/h5-14,19,21,24H,15-18,20H2,1-4H3/t24-/m1/s1. The maximum atomic E-state index is 13.8. The molecule has 7 nitrogen and oxygen atoms in total. The number of nitrogens with zero attached hydrogens (tertiary/aromatic N) is 3. The third-order valence-corrected chi connectivity index (χ3v) is 7.55. The van der Waals surface area contributed by atoms with Crippen molar-refractivity contribution in [2.45, 2.75) is 12.3 Å². The zero-order chi connectivity index (χ0) is 26.6. The van der Waals surface area contributed by atoms with E-state index in [1.165, 1.54) is 0 Å². The summed E-state index contributed by atoms with van der Waals surface area (Å²) in [4.78, 5) is 18.0. The molecule has 0 N–H and O–H groups in total. The number of piperazine rings is 1. The molecule has 38 heavy (non-hydrogen) atoms. The summed E-state index contributed by atoms with van der Waals surface area (Å²) in [7, 11) is 7.02. The number of aryl methyl sites for hydroxylation is 1. The van der Waals surface area contributed by atoms with Gasteiger partial charge in [-0.2, -0.15) is 0 Å². The molecule has 1 saturated heterocycles. The van der Waals surface area contributed by atoms with E-state index in [1.54, 1.807) is 21.3 Å². The second kappa shape index (κ2) is 11.1. The van der Waals surface area contributed by atoms with Crippen LogP contribution in [0.4, 0.5) is 5.69 Å². The van der Waals surface area contributed by atoms with Gasteiger partial charge in [-0.1, -0.05) is 36.4 Å². The monoisotopic (exact) mass is 513 g/mol. The lowest BCUT2D eigenvalue weighted by atomic mass is 9.87. The van der Waals surface area contributed by atoms with Crippen LogP contribution in [-0.4, -0.2) is 62.9 Å². The first kappa shape index (κ1) is 25.5.